The Hall–Kier alpha value is -0.750. The summed E-state index contributed by atoms with van der Waals surface area (Å²) in [6.07, 6.45) is -0.167. The topological polar surface area (TPSA) is 58.6 Å². The van der Waals surface area contributed by atoms with E-state index >= 15 is 0 Å². The van der Waals surface area contributed by atoms with Gasteiger partial charge in [0, 0.05) is 6.04 Å². The van der Waals surface area contributed by atoms with E-state index in [2.05, 4.69) is 10.1 Å². The van der Waals surface area contributed by atoms with Crippen LogP contribution in [0.3, 0.4) is 0 Å². The van der Waals surface area contributed by atoms with Crippen molar-refractivity contribution in [2.45, 2.75) is 37.8 Å². The molecule has 6 heteroatoms. The van der Waals surface area contributed by atoms with E-state index in [1.54, 1.807) is 0 Å². The first-order valence-electron chi connectivity index (χ1n) is 4.87. The van der Waals surface area contributed by atoms with Gasteiger partial charge in [-0.15, -0.1) is 0 Å². The molecule has 88 valence electrons. The Morgan fingerprint density at radius 1 is 1.73 bits per heavy atom. The Morgan fingerprint density at radius 3 is 2.73 bits per heavy atom. The monoisotopic (exact) mass is 223 g/mol. The highest BCUT2D eigenvalue weighted by atomic mass is 19.3. The Balaban J connectivity index is 2.88. The molecule has 2 unspecified atom stereocenters. The van der Waals surface area contributed by atoms with E-state index < -0.39 is 23.5 Å². The lowest BCUT2D eigenvalue weighted by Gasteiger charge is -2.33. The van der Waals surface area contributed by atoms with E-state index in [0.717, 1.165) is 0 Å². The third-order valence-corrected chi connectivity index (χ3v) is 2.75. The van der Waals surface area contributed by atoms with Crippen molar-refractivity contribution in [3.63, 3.8) is 0 Å². The molecule has 0 amide bonds. The lowest BCUT2D eigenvalue weighted by Crippen LogP contribution is -2.59. The minimum Gasteiger partial charge on any atom is -0.461 e. The first-order chi connectivity index (χ1) is 6.86. The van der Waals surface area contributed by atoms with Crippen LogP contribution in [0, 0.1) is 0 Å². The average Bonchev–Trinajstić information content (AvgIpc) is 2.49. The standard InChI is InChI=1S/C9H15F2NO3/c1-3-15-7(13)9(10,11)8(14)4-5-12-6(8)2/h6,12,14H,3-5H2,1-2H3. The fraction of sp³-hybridized carbons (Fsp3) is 0.889. The molecule has 1 heterocycles. The molecule has 1 aliphatic rings. The van der Waals surface area contributed by atoms with Crippen LogP contribution in [0.5, 0.6) is 0 Å². The molecule has 0 aliphatic carbocycles. The molecule has 1 fully saturated rings. The van der Waals surface area contributed by atoms with Gasteiger partial charge in [0.25, 0.3) is 0 Å². The van der Waals surface area contributed by atoms with Crippen molar-refractivity contribution in [3.8, 4) is 0 Å². The molecule has 2 N–H and O–H groups in total. The summed E-state index contributed by atoms with van der Waals surface area (Å²) in [4.78, 5) is 11.0. The van der Waals surface area contributed by atoms with Crippen LogP contribution in [0.2, 0.25) is 0 Å². The second kappa shape index (κ2) is 4.02. The van der Waals surface area contributed by atoms with Crippen LogP contribution in [0.25, 0.3) is 0 Å². The van der Waals surface area contributed by atoms with Crippen LogP contribution >= 0.6 is 0 Å². The van der Waals surface area contributed by atoms with E-state index in [-0.39, 0.29) is 19.6 Å². The fourth-order valence-electron chi connectivity index (χ4n) is 1.69. The molecule has 2 atom stereocenters. The smallest absolute Gasteiger partial charge is 0.380 e. The van der Waals surface area contributed by atoms with Crippen LogP contribution in [0.1, 0.15) is 20.3 Å². The van der Waals surface area contributed by atoms with Crippen LogP contribution in [-0.4, -0.2) is 41.8 Å². The van der Waals surface area contributed by atoms with Gasteiger partial charge in [-0.25, -0.2) is 4.79 Å². The van der Waals surface area contributed by atoms with Gasteiger partial charge in [0.15, 0.2) is 5.60 Å². The van der Waals surface area contributed by atoms with Crippen molar-refractivity contribution in [3.05, 3.63) is 0 Å². The summed E-state index contributed by atoms with van der Waals surface area (Å²) in [6, 6.07) is -0.836. The quantitative estimate of drug-likeness (QED) is 0.675. The molecule has 0 spiro atoms. The van der Waals surface area contributed by atoms with Crippen molar-refractivity contribution in [1.29, 1.82) is 0 Å². The summed E-state index contributed by atoms with van der Waals surface area (Å²) < 4.78 is 31.4. The van der Waals surface area contributed by atoms with Crippen molar-refractivity contribution < 1.29 is 23.4 Å². The number of nitrogens with one attached hydrogen (secondary N) is 1. The van der Waals surface area contributed by atoms with Gasteiger partial charge in [0.1, 0.15) is 0 Å². The largest absolute Gasteiger partial charge is 0.461 e. The molecule has 0 aromatic carbocycles. The molecular formula is C9H15F2NO3. The Kier molecular flexibility index (Phi) is 3.30. The normalized spacial score (nSPS) is 31.7. The van der Waals surface area contributed by atoms with Crippen molar-refractivity contribution in [2.75, 3.05) is 13.2 Å². The number of hydrogen-bond acceptors (Lipinski definition) is 4. The van der Waals surface area contributed by atoms with Gasteiger partial charge in [-0.05, 0) is 26.8 Å². The van der Waals surface area contributed by atoms with Crippen LogP contribution in [0.15, 0.2) is 0 Å². The van der Waals surface area contributed by atoms with Crippen LogP contribution in [-0.2, 0) is 9.53 Å². The summed E-state index contributed by atoms with van der Waals surface area (Å²) in [5, 5.41) is 12.4. The van der Waals surface area contributed by atoms with Gasteiger partial charge in [-0.3, -0.25) is 0 Å². The maximum absolute atomic E-state index is 13.6. The van der Waals surface area contributed by atoms with Crippen molar-refractivity contribution in [2.24, 2.45) is 0 Å². The minimum atomic E-state index is -3.87. The SMILES string of the molecule is CCOC(=O)C(F)(F)C1(O)CCNC1C. The fourth-order valence-corrected chi connectivity index (χ4v) is 1.69. The molecule has 1 saturated heterocycles. The number of ether oxygens (including phenoxy) is 1. The van der Waals surface area contributed by atoms with Crippen LogP contribution < -0.4 is 5.32 Å². The summed E-state index contributed by atoms with van der Waals surface area (Å²) in [6.45, 7) is 2.98. The zero-order valence-corrected chi connectivity index (χ0v) is 8.72. The molecule has 1 rings (SSSR count). The minimum absolute atomic E-state index is 0.133. The predicted octanol–water partition coefficient (Wildman–Crippen LogP) is 0.298. The number of rotatable bonds is 3. The van der Waals surface area contributed by atoms with Crippen LogP contribution in [0.4, 0.5) is 8.78 Å². The lowest BCUT2D eigenvalue weighted by atomic mass is 9.88. The summed E-state index contributed by atoms with van der Waals surface area (Å²) in [5.41, 5.74) is -2.35. The number of alkyl halides is 2. The van der Waals surface area contributed by atoms with Gasteiger partial charge >= 0.3 is 11.9 Å². The van der Waals surface area contributed by atoms with E-state index in [1.807, 2.05) is 0 Å². The van der Waals surface area contributed by atoms with E-state index in [4.69, 9.17) is 0 Å². The molecule has 1 aliphatic heterocycles. The van der Waals surface area contributed by atoms with E-state index in [1.165, 1.54) is 13.8 Å². The summed E-state index contributed by atoms with van der Waals surface area (Å²) in [7, 11) is 0. The Morgan fingerprint density at radius 2 is 2.33 bits per heavy atom. The van der Waals surface area contributed by atoms with Gasteiger partial charge in [0.2, 0.25) is 0 Å². The number of halogens is 2. The van der Waals surface area contributed by atoms with Crippen molar-refractivity contribution >= 4 is 5.97 Å². The second-order valence-electron chi connectivity index (χ2n) is 3.64. The van der Waals surface area contributed by atoms with E-state index in [9.17, 15) is 18.7 Å². The number of carbonyl (C=O) groups is 1. The maximum atomic E-state index is 13.6. The summed E-state index contributed by atoms with van der Waals surface area (Å²) in [5.74, 6) is -5.53. The second-order valence-corrected chi connectivity index (χ2v) is 3.64. The lowest BCUT2D eigenvalue weighted by molar-refractivity contribution is -0.214. The zero-order valence-electron chi connectivity index (χ0n) is 8.72. The Labute approximate surface area is 86.6 Å². The zero-order chi connectivity index (χ0) is 11.7. The molecule has 0 aromatic heterocycles. The number of carbonyl (C=O) groups excluding carboxylic acids is 1. The Bertz CT molecular complexity index is 260. The van der Waals surface area contributed by atoms with Gasteiger partial charge in [-0.2, -0.15) is 8.78 Å². The molecule has 4 nitrogen and oxygen atoms in total. The molecule has 0 radical (unpaired) electrons. The number of aliphatic hydroxyl groups is 1. The van der Waals surface area contributed by atoms with Gasteiger partial charge < -0.3 is 15.2 Å². The highest BCUT2D eigenvalue weighted by Crippen LogP contribution is 2.38. The highest BCUT2D eigenvalue weighted by Gasteiger charge is 2.63. The molecular weight excluding hydrogens is 208 g/mol. The van der Waals surface area contributed by atoms with E-state index in [0.29, 0.717) is 0 Å². The van der Waals surface area contributed by atoms with Gasteiger partial charge in [-0.1, -0.05) is 0 Å². The molecule has 15 heavy (non-hydrogen) atoms. The molecule has 0 bridgehead atoms. The maximum Gasteiger partial charge on any atom is 0.380 e. The van der Waals surface area contributed by atoms with Crippen molar-refractivity contribution in [1.82, 2.24) is 5.32 Å². The highest BCUT2D eigenvalue weighted by molar-refractivity contribution is 5.79. The number of hydrogen-bond donors (Lipinski definition) is 2. The summed E-state index contributed by atoms with van der Waals surface area (Å²) >= 11 is 0. The average molecular weight is 223 g/mol. The predicted molar refractivity (Wildman–Crippen MR) is 48.6 cm³/mol. The molecule has 0 aromatic rings. The third-order valence-electron chi connectivity index (χ3n) is 2.75. The van der Waals surface area contributed by atoms with Gasteiger partial charge in [0.05, 0.1) is 6.61 Å². The first kappa shape index (κ1) is 12.3. The number of esters is 1. The first-order valence-corrected chi connectivity index (χ1v) is 4.87. The molecule has 0 saturated carbocycles. The third kappa shape index (κ3) is 1.83.